The van der Waals surface area contributed by atoms with Gasteiger partial charge >= 0.3 is 0 Å². The van der Waals surface area contributed by atoms with Crippen LogP contribution >= 0.6 is 0 Å². The molecule has 1 aromatic rings. The van der Waals surface area contributed by atoms with Crippen LogP contribution in [0.25, 0.3) is 0 Å². The maximum Gasteiger partial charge on any atom is 0.00676 e. The predicted molar refractivity (Wildman–Crippen MR) is 78.9 cm³/mol. The molecule has 1 heteroatoms. The highest BCUT2D eigenvalue weighted by Gasteiger charge is 2.12. The van der Waals surface area contributed by atoms with Crippen molar-refractivity contribution in [2.75, 3.05) is 6.54 Å². The minimum atomic E-state index is 0.754. The van der Waals surface area contributed by atoms with Gasteiger partial charge in [-0.25, -0.2) is 0 Å². The minimum absolute atomic E-state index is 0.754. The quantitative estimate of drug-likeness (QED) is 0.800. The maximum atomic E-state index is 3.57. The van der Waals surface area contributed by atoms with Crippen molar-refractivity contribution in [3.63, 3.8) is 0 Å². The zero-order valence-corrected chi connectivity index (χ0v) is 11.9. The van der Waals surface area contributed by atoms with Crippen LogP contribution in [0.1, 0.15) is 50.7 Å². The Morgan fingerprint density at radius 2 is 1.89 bits per heavy atom. The van der Waals surface area contributed by atoms with E-state index in [1.54, 1.807) is 0 Å². The Hall–Kier alpha value is -0.820. The summed E-state index contributed by atoms with van der Waals surface area (Å²) < 4.78 is 0. The van der Waals surface area contributed by atoms with Crippen LogP contribution < -0.4 is 5.32 Å². The summed E-state index contributed by atoms with van der Waals surface area (Å²) >= 11 is 0. The van der Waals surface area contributed by atoms with Crippen molar-refractivity contribution in [1.82, 2.24) is 5.32 Å². The van der Waals surface area contributed by atoms with Crippen LogP contribution in [0.3, 0.4) is 0 Å². The van der Waals surface area contributed by atoms with Crippen LogP contribution in [0, 0.1) is 5.92 Å². The Morgan fingerprint density at radius 3 is 2.50 bits per heavy atom. The lowest BCUT2D eigenvalue weighted by atomic mass is 9.99. The summed E-state index contributed by atoms with van der Waals surface area (Å²) in [6.07, 6.45) is 7.85. The molecule has 1 fully saturated rings. The van der Waals surface area contributed by atoms with Crippen LogP contribution in [0.4, 0.5) is 0 Å². The van der Waals surface area contributed by atoms with Gasteiger partial charge in [0, 0.05) is 6.04 Å². The Bertz CT molecular complexity index is 333. The largest absolute Gasteiger partial charge is 0.314 e. The van der Waals surface area contributed by atoms with Crippen molar-refractivity contribution in [1.29, 1.82) is 0 Å². The van der Waals surface area contributed by atoms with Gasteiger partial charge < -0.3 is 5.32 Å². The Balaban J connectivity index is 1.72. The molecule has 18 heavy (non-hydrogen) atoms. The molecule has 2 rings (SSSR count). The monoisotopic (exact) mass is 245 g/mol. The van der Waals surface area contributed by atoms with Gasteiger partial charge in [0.25, 0.3) is 0 Å². The maximum absolute atomic E-state index is 3.57. The predicted octanol–water partition coefficient (Wildman–Crippen LogP) is 3.96. The molecule has 0 aliphatic carbocycles. The Labute approximate surface area is 112 Å². The summed E-state index contributed by atoms with van der Waals surface area (Å²) in [6.45, 7) is 5.79. The van der Waals surface area contributed by atoms with Crippen LogP contribution in [-0.2, 0) is 12.8 Å². The molecule has 0 aromatic heterocycles. The third-order valence-corrected chi connectivity index (χ3v) is 3.85. The first-order chi connectivity index (χ1) is 8.74. The van der Waals surface area contributed by atoms with E-state index in [4.69, 9.17) is 0 Å². The number of nitrogens with one attached hydrogen (secondary N) is 1. The number of hydrogen-bond acceptors (Lipinski definition) is 1. The number of benzene rings is 1. The molecule has 0 bridgehead atoms. The second kappa shape index (κ2) is 6.94. The van der Waals surface area contributed by atoms with Crippen molar-refractivity contribution in [2.24, 2.45) is 5.92 Å². The van der Waals surface area contributed by atoms with Gasteiger partial charge in [-0.05, 0) is 62.1 Å². The van der Waals surface area contributed by atoms with E-state index in [9.17, 15) is 0 Å². The van der Waals surface area contributed by atoms with E-state index in [0.717, 1.165) is 12.0 Å². The van der Waals surface area contributed by atoms with Gasteiger partial charge in [-0.2, -0.15) is 0 Å². The molecule has 1 atom stereocenters. The highest BCUT2D eigenvalue weighted by atomic mass is 14.9. The molecule has 1 saturated heterocycles. The molecular weight excluding hydrogens is 218 g/mol. The third kappa shape index (κ3) is 4.45. The fraction of sp³-hybridized carbons (Fsp3) is 0.647. The fourth-order valence-corrected chi connectivity index (χ4v) is 2.87. The van der Waals surface area contributed by atoms with Gasteiger partial charge in [-0.15, -0.1) is 0 Å². The van der Waals surface area contributed by atoms with Crippen molar-refractivity contribution < 1.29 is 0 Å². The van der Waals surface area contributed by atoms with Crippen LogP contribution in [0.15, 0.2) is 24.3 Å². The second-order valence-electron chi connectivity index (χ2n) is 6.10. The van der Waals surface area contributed by atoms with E-state index in [-0.39, 0.29) is 0 Å². The SMILES string of the molecule is CC(C)Cc1ccc(CCCC2CCCN2)cc1. The summed E-state index contributed by atoms with van der Waals surface area (Å²) in [4.78, 5) is 0. The van der Waals surface area contributed by atoms with Gasteiger partial charge in [-0.3, -0.25) is 0 Å². The van der Waals surface area contributed by atoms with E-state index >= 15 is 0 Å². The number of rotatable bonds is 6. The van der Waals surface area contributed by atoms with Gasteiger partial charge in [0.1, 0.15) is 0 Å². The summed E-state index contributed by atoms with van der Waals surface area (Å²) in [6, 6.07) is 10.1. The number of hydrogen-bond donors (Lipinski definition) is 1. The topological polar surface area (TPSA) is 12.0 Å². The first-order valence-corrected chi connectivity index (χ1v) is 7.55. The Kier molecular flexibility index (Phi) is 5.25. The van der Waals surface area contributed by atoms with E-state index in [2.05, 4.69) is 43.4 Å². The van der Waals surface area contributed by atoms with Crippen molar-refractivity contribution >= 4 is 0 Å². The van der Waals surface area contributed by atoms with Crippen molar-refractivity contribution in [2.45, 2.75) is 58.4 Å². The molecule has 0 radical (unpaired) electrons. The van der Waals surface area contributed by atoms with Gasteiger partial charge in [-0.1, -0.05) is 38.1 Å². The summed E-state index contributed by atoms with van der Waals surface area (Å²) in [5.74, 6) is 0.754. The summed E-state index contributed by atoms with van der Waals surface area (Å²) in [5, 5.41) is 3.57. The average molecular weight is 245 g/mol. The zero-order chi connectivity index (χ0) is 12.8. The zero-order valence-electron chi connectivity index (χ0n) is 11.9. The van der Waals surface area contributed by atoms with Crippen molar-refractivity contribution in [3.8, 4) is 0 Å². The molecule has 0 amide bonds. The number of aryl methyl sites for hydroxylation is 1. The standard InChI is InChI=1S/C17H27N/c1-14(2)13-16-10-8-15(9-11-16)5-3-6-17-7-4-12-18-17/h8-11,14,17-18H,3-7,12-13H2,1-2H3. The molecule has 0 saturated carbocycles. The molecule has 100 valence electrons. The second-order valence-corrected chi connectivity index (χ2v) is 6.10. The minimum Gasteiger partial charge on any atom is -0.314 e. The molecule has 1 aliphatic heterocycles. The molecule has 1 aromatic carbocycles. The smallest absolute Gasteiger partial charge is 0.00676 e. The van der Waals surface area contributed by atoms with Crippen LogP contribution in [0.2, 0.25) is 0 Å². The fourth-order valence-electron chi connectivity index (χ4n) is 2.87. The molecule has 1 unspecified atom stereocenters. The van der Waals surface area contributed by atoms with E-state index in [1.807, 2.05) is 0 Å². The van der Waals surface area contributed by atoms with Gasteiger partial charge in [0.15, 0.2) is 0 Å². The van der Waals surface area contributed by atoms with E-state index < -0.39 is 0 Å². The average Bonchev–Trinajstić information content (AvgIpc) is 2.84. The van der Waals surface area contributed by atoms with Crippen LogP contribution in [-0.4, -0.2) is 12.6 Å². The van der Waals surface area contributed by atoms with Crippen LogP contribution in [0.5, 0.6) is 0 Å². The third-order valence-electron chi connectivity index (χ3n) is 3.85. The molecule has 1 nitrogen and oxygen atoms in total. The molecule has 1 heterocycles. The molecule has 1 aliphatic rings. The molecule has 1 N–H and O–H groups in total. The van der Waals surface area contributed by atoms with E-state index in [1.165, 1.54) is 56.2 Å². The van der Waals surface area contributed by atoms with E-state index in [0.29, 0.717) is 0 Å². The molecule has 0 spiro atoms. The lowest BCUT2D eigenvalue weighted by molar-refractivity contribution is 0.536. The first kappa shape index (κ1) is 13.6. The Morgan fingerprint density at radius 1 is 1.17 bits per heavy atom. The summed E-state index contributed by atoms with van der Waals surface area (Å²) in [7, 11) is 0. The lowest BCUT2D eigenvalue weighted by Crippen LogP contribution is -2.20. The summed E-state index contributed by atoms with van der Waals surface area (Å²) in [5.41, 5.74) is 2.98. The normalized spacial score (nSPS) is 19.6. The lowest BCUT2D eigenvalue weighted by Gasteiger charge is -2.10. The highest BCUT2D eigenvalue weighted by Crippen LogP contribution is 2.15. The molecular formula is C17H27N. The van der Waals surface area contributed by atoms with Gasteiger partial charge in [0.2, 0.25) is 0 Å². The first-order valence-electron chi connectivity index (χ1n) is 7.55. The highest BCUT2D eigenvalue weighted by molar-refractivity contribution is 5.22. The van der Waals surface area contributed by atoms with Crippen molar-refractivity contribution in [3.05, 3.63) is 35.4 Å². The van der Waals surface area contributed by atoms with Gasteiger partial charge in [0.05, 0.1) is 0 Å².